The molecule has 0 saturated carbocycles. The zero-order valence-corrected chi connectivity index (χ0v) is 13.4. The van der Waals surface area contributed by atoms with Crippen molar-refractivity contribution in [3.63, 3.8) is 0 Å². The highest BCUT2D eigenvalue weighted by atomic mass is 16.5. The number of hydrogen-bond donors (Lipinski definition) is 1. The van der Waals surface area contributed by atoms with Crippen LogP contribution in [0.2, 0.25) is 0 Å². The van der Waals surface area contributed by atoms with Crippen LogP contribution in [0.25, 0.3) is 0 Å². The van der Waals surface area contributed by atoms with Gasteiger partial charge in [0.2, 0.25) is 0 Å². The van der Waals surface area contributed by atoms with E-state index in [0.29, 0.717) is 12.6 Å². The summed E-state index contributed by atoms with van der Waals surface area (Å²) in [6.07, 6.45) is 1.84. The van der Waals surface area contributed by atoms with Gasteiger partial charge in [-0.05, 0) is 33.2 Å². The van der Waals surface area contributed by atoms with Crippen LogP contribution in [0.5, 0.6) is 0 Å². The Labute approximate surface area is 123 Å². The molecule has 20 heavy (non-hydrogen) atoms. The molecular weight excluding hydrogens is 256 g/mol. The van der Waals surface area contributed by atoms with Gasteiger partial charge in [0.05, 0.1) is 19.8 Å². The molecule has 1 saturated heterocycles. The summed E-state index contributed by atoms with van der Waals surface area (Å²) in [4.78, 5) is 14.6. The average Bonchev–Trinajstić information content (AvgIpc) is 2.46. The van der Waals surface area contributed by atoms with Gasteiger partial charge in [-0.25, -0.2) is 0 Å². The van der Waals surface area contributed by atoms with Crippen LogP contribution in [0.4, 0.5) is 0 Å². The largest absolute Gasteiger partial charge is 0.465 e. The number of morpholine rings is 1. The first-order valence-corrected chi connectivity index (χ1v) is 7.81. The number of ether oxygens (including phenoxy) is 2. The molecule has 1 N–H and O–H groups in total. The lowest BCUT2D eigenvalue weighted by Gasteiger charge is -2.37. The van der Waals surface area contributed by atoms with E-state index in [1.807, 2.05) is 20.8 Å². The summed E-state index contributed by atoms with van der Waals surface area (Å²) in [5.41, 5.74) is -0.596. The van der Waals surface area contributed by atoms with Gasteiger partial charge >= 0.3 is 5.97 Å². The van der Waals surface area contributed by atoms with E-state index in [4.69, 9.17) is 9.47 Å². The summed E-state index contributed by atoms with van der Waals surface area (Å²) in [6.45, 7) is 12.6. The lowest BCUT2D eigenvalue weighted by molar-refractivity contribution is -0.151. The van der Waals surface area contributed by atoms with Gasteiger partial charge in [-0.15, -0.1) is 0 Å². The number of rotatable bonds is 8. The molecule has 0 aromatic heterocycles. The number of carbonyl (C=O) groups is 1. The van der Waals surface area contributed by atoms with Gasteiger partial charge in [-0.3, -0.25) is 9.69 Å². The van der Waals surface area contributed by atoms with Crippen LogP contribution in [-0.2, 0) is 14.3 Å². The molecule has 0 aromatic rings. The number of nitrogens with one attached hydrogen (secondary N) is 1. The topological polar surface area (TPSA) is 50.8 Å². The molecule has 0 aliphatic carbocycles. The second-order valence-corrected chi connectivity index (χ2v) is 5.51. The van der Waals surface area contributed by atoms with Gasteiger partial charge in [0, 0.05) is 19.1 Å². The lowest BCUT2D eigenvalue weighted by Crippen LogP contribution is -2.54. The minimum atomic E-state index is -0.596. The fourth-order valence-electron chi connectivity index (χ4n) is 2.67. The molecule has 0 radical (unpaired) electrons. The van der Waals surface area contributed by atoms with Crippen molar-refractivity contribution in [1.29, 1.82) is 0 Å². The Bertz CT molecular complexity index is 299. The Kier molecular flexibility index (Phi) is 7.48. The predicted octanol–water partition coefficient (Wildman–Crippen LogP) is 1.42. The molecule has 1 heterocycles. The molecule has 1 aliphatic rings. The fourth-order valence-corrected chi connectivity index (χ4v) is 2.67. The smallest absolute Gasteiger partial charge is 0.326 e. The highest BCUT2D eigenvalue weighted by molar-refractivity contribution is 5.80. The molecule has 1 rings (SSSR count). The maximum absolute atomic E-state index is 12.2. The van der Waals surface area contributed by atoms with E-state index in [1.54, 1.807) is 0 Å². The molecule has 1 fully saturated rings. The first-order valence-electron chi connectivity index (χ1n) is 7.81. The zero-order chi connectivity index (χ0) is 15.0. The van der Waals surface area contributed by atoms with Gasteiger partial charge in [0.1, 0.15) is 5.54 Å². The van der Waals surface area contributed by atoms with E-state index < -0.39 is 5.54 Å². The minimum Gasteiger partial charge on any atom is -0.465 e. The Morgan fingerprint density at radius 3 is 2.80 bits per heavy atom. The maximum Gasteiger partial charge on any atom is 0.326 e. The molecule has 5 nitrogen and oxygen atoms in total. The van der Waals surface area contributed by atoms with Crippen molar-refractivity contribution < 1.29 is 14.3 Å². The van der Waals surface area contributed by atoms with Crippen molar-refractivity contribution in [3.8, 4) is 0 Å². The van der Waals surface area contributed by atoms with Crippen LogP contribution >= 0.6 is 0 Å². The highest BCUT2D eigenvalue weighted by Gasteiger charge is 2.35. The number of nitrogens with zero attached hydrogens (tertiary/aromatic N) is 1. The molecule has 5 heteroatoms. The van der Waals surface area contributed by atoms with Crippen molar-refractivity contribution in [3.05, 3.63) is 0 Å². The van der Waals surface area contributed by atoms with Crippen LogP contribution in [0.1, 0.15) is 40.5 Å². The van der Waals surface area contributed by atoms with Gasteiger partial charge in [0.15, 0.2) is 0 Å². The van der Waals surface area contributed by atoms with E-state index in [-0.39, 0.29) is 5.97 Å². The molecule has 0 aromatic carbocycles. The SMILES string of the molecule is CCNC(C)(CCN1CCOCC1CC)C(=O)OCC. The summed E-state index contributed by atoms with van der Waals surface area (Å²) in [7, 11) is 0. The third-order valence-corrected chi connectivity index (χ3v) is 4.01. The summed E-state index contributed by atoms with van der Waals surface area (Å²) in [6, 6.07) is 0.469. The average molecular weight is 286 g/mol. The van der Waals surface area contributed by atoms with Crippen molar-refractivity contribution >= 4 is 5.97 Å². The van der Waals surface area contributed by atoms with E-state index in [1.165, 1.54) is 0 Å². The third kappa shape index (κ3) is 4.72. The van der Waals surface area contributed by atoms with Crippen LogP contribution < -0.4 is 5.32 Å². The number of esters is 1. The molecule has 118 valence electrons. The van der Waals surface area contributed by atoms with Crippen molar-refractivity contribution in [2.45, 2.75) is 52.1 Å². The molecule has 0 amide bonds. The number of likely N-dealkylation sites (N-methyl/N-ethyl adjacent to an activating group) is 1. The van der Waals surface area contributed by atoms with Crippen molar-refractivity contribution in [2.75, 3.05) is 39.5 Å². The van der Waals surface area contributed by atoms with Crippen LogP contribution in [0.15, 0.2) is 0 Å². The molecule has 0 spiro atoms. The Hall–Kier alpha value is -0.650. The van der Waals surface area contributed by atoms with Gasteiger partial charge in [0.25, 0.3) is 0 Å². The fraction of sp³-hybridized carbons (Fsp3) is 0.933. The number of carbonyl (C=O) groups excluding carboxylic acids is 1. The van der Waals surface area contributed by atoms with Gasteiger partial charge in [-0.2, -0.15) is 0 Å². The van der Waals surface area contributed by atoms with Crippen LogP contribution in [0.3, 0.4) is 0 Å². The summed E-state index contributed by atoms with van der Waals surface area (Å²) in [5.74, 6) is -0.150. The second-order valence-electron chi connectivity index (χ2n) is 5.51. The Morgan fingerprint density at radius 1 is 1.45 bits per heavy atom. The standard InChI is InChI=1S/C15H30N2O3/c1-5-13-12-19-11-10-17(13)9-8-15(4,16-6-2)14(18)20-7-3/h13,16H,5-12H2,1-4H3. The van der Waals surface area contributed by atoms with E-state index in [9.17, 15) is 4.79 Å². The molecule has 1 aliphatic heterocycles. The van der Waals surface area contributed by atoms with Gasteiger partial charge < -0.3 is 14.8 Å². The number of hydrogen-bond acceptors (Lipinski definition) is 5. The third-order valence-electron chi connectivity index (χ3n) is 4.01. The van der Waals surface area contributed by atoms with Gasteiger partial charge in [-0.1, -0.05) is 13.8 Å². The predicted molar refractivity (Wildman–Crippen MR) is 79.8 cm³/mol. The van der Waals surface area contributed by atoms with Crippen molar-refractivity contribution in [1.82, 2.24) is 10.2 Å². The first kappa shape index (κ1) is 17.4. The lowest BCUT2D eigenvalue weighted by atomic mass is 9.96. The van der Waals surface area contributed by atoms with Crippen molar-refractivity contribution in [2.24, 2.45) is 0 Å². The zero-order valence-electron chi connectivity index (χ0n) is 13.4. The molecule has 2 unspecified atom stereocenters. The minimum absolute atomic E-state index is 0.150. The molecule has 0 bridgehead atoms. The van der Waals surface area contributed by atoms with Crippen LogP contribution in [0, 0.1) is 0 Å². The monoisotopic (exact) mass is 286 g/mol. The molecular formula is C15H30N2O3. The summed E-state index contributed by atoms with van der Waals surface area (Å²) < 4.78 is 10.7. The van der Waals surface area contributed by atoms with E-state index in [0.717, 1.165) is 45.7 Å². The van der Waals surface area contributed by atoms with Crippen LogP contribution in [-0.4, -0.2) is 61.9 Å². The second kappa shape index (κ2) is 8.60. The normalized spacial score (nSPS) is 23.3. The summed E-state index contributed by atoms with van der Waals surface area (Å²) in [5, 5.41) is 3.28. The maximum atomic E-state index is 12.2. The Morgan fingerprint density at radius 2 is 2.20 bits per heavy atom. The quantitative estimate of drug-likeness (QED) is 0.684. The molecule has 2 atom stereocenters. The highest BCUT2D eigenvalue weighted by Crippen LogP contribution is 2.17. The Balaban J connectivity index is 2.58. The summed E-state index contributed by atoms with van der Waals surface area (Å²) >= 11 is 0. The van der Waals surface area contributed by atoms with E-state index in [2.05, 4.69) is 17.1 Å². The first-order chi connectivity index (χ1) is 9.57. The van der Waals surface area contributed by atoms with E-state index >= 15 is 0 Å².